The van der Waals surface area contributed by atoms with Gasteiger partial charge in [0.15, 0.2) is 0 Å². The van der Waals surface area contributed by atoms with E-state index in [0.717, 1.165) is 0 Å². The average Bonchev–Trinajstić information content (AvgIpc) is 2.04. The Morgan fingerprint density at radius 2 is 2.09 bits per heavy atom. The van der Waals surface area contributed by atoms with E-state index in [0.29, 0.717) is 26.0 Å². The van der Waals surface area contributed by atoms with Crippen molar-refractivity contribution in [3.63, 3.8) is 0 Å². The van der Waals surface area contributed by atoms with Crippen LogP contribution in [-0.4, -0.2) is 25.0 Å². The Balaban J connectivity index is 2.35. The first-order valence-electron chi connectivity index (χ1n) is 3.71. The van der Waals surface area contributed by atoms with Gasteiger partial charge in [0.05, 0.1) is 13.0 Å². The molecule has 62 valence electrons. The minimum Gasteiger partial charge on any atom is -0.466 e. The molecule has 0 unspecified atom stereocenters. The number of esters is 1. The van der Waals surface area contributed by atoms with E-state index in [2.05, 4.69) is 5.32 Å². The standard InChI is InChI=1S/C7H11NO3/c9-6-2-1-5-11-7(10)3-4-8-6/h1-5H2,(H,8,9). The fourth-order valence-electron chi connectivity index (χ4n) is 0.883. The quantitative estimate of drug-likeness (QED) is 0.497. The highest BCUT2D eigenvalue weighted by molar-refractivity contribution is 5.77. The minimum absolute atomic E-state index is 0.00306. The van der Waals surface area contributed by atoms with Gasteiger partial charge in [-0.25, -0.2) is 0 Å². The molecule has 1 amide bonds. The monoisotopic (exact) mass is 157 g/mol. The van der Waals surface area contributed by atoms with Crippen LogP contribution in [0.3, 0.4) is 0 Å². The maximum Gasteiger partial charge on any atom is 0.307 e. The number of carbonyl (C=O) groups excluding carboxylic acids is 2. The fraction of sp³-hybridized carbons (Fsp3) is 0.714. The normalized spacial score (nSPS) is 20.7. The van der Waals surface area contributed by atoms with Gasteiger partial charge >= 0.3 is 5.97 Å². The maximum atomic E-state index is 10.8. The Hall–Kier alpha value is -1.06. The number of hydrogen-bond donors (Lipinski definition) is 1. The number of rotatable bonds is 0. The van der Waals surface area contributed by atoms with Crippen LogP contribution >= 0.6 is 0 Å². The van der Waals surface area contributed by atoms with Crippen molar-refractivity contribution in [2.45, 2.75) is 19.3 Å². The summed E-state index contributed by atoms with van der Waals surface area (Å²) in [6.07, 6.45) is 1.36. The maximum absolute atomic E-state index is 10.8. The molecule has 0 atom stereocenters. The molecule has 4 heteroatoms. The molecule has 1 fully saturated rings. The third kappa shape index (κ3) is 3.02. The predicted molar refractivity (Wildman–Crippen MR) is 37.8 cm³/mol. The molecule has 1 aliphatic rings. The van der Waals surface area contributed by atoms with E-state index in [4.69, 9.17) is 4.74 Å². The molecule has 1 rings (SSSR count). The van der Waals surface area contributed by atoms with Crippen LogP contribution in [0.5, 0.6) is 0 Å². The molecule has 0 radical (unpaired) electrons. The molecule has 0 bridgehead atoms. The Morgan fingerprint density at radius 1 is 1.27 bits per heavy atom. The molecule has 0 aromatic heterocycles. The summed E-state index contributed by atoms with van der Waals surface area (Å²) >= 11 is 0. The minimum atomic E-state index is -0.229. The Morgan fingerprint density at radius 3 is 2.91 bits per heavy atom. The smallest absolute Gasteiger partial charge is 0.307 e. The molecule has 1 N–H and O–H groups in total. The molecule has 4 nitrogen and oxygen atoms in total. The molecule has 0 spiro atoms. The second kappa shape index (κ2) is 3.95. The number of nitrogens with one attached hydrogen (secondary N) is 1. The molecule has 1 aliphatic heterocycles. The fourth-order valence-corrected chi connectivity index (χ4v) is 0.883. The largest absolute Gasteiger partial charge is 0.466 e. The summed E-state index contributed by atoms with van der Waals surface area (Å²) < 4.78 is 4.78. The van der Waals surface area contributed by atoms with Crippen molar-refractivity contribution >= 4 is 11.9 Å². The van der Waals surface area contributed by atoms with Crippen LogP contribution in [0, 0.1) is 0 Å². The summed E-state index contributed by atoms with van der Waals surface area (Å²) in [6.45, 7) is 0.768. The highest BCUT2D eigenvalue weighted by Gasteiger charge is 2.08. The van der Waals surface area contributed by atoms with Crippen LogP contribution in [0.4, 0.5) is 0 Å². The van der Waals surface area contributed by atoms with Gasteiger partial charge in [0, 0.05) is 13.0 Å². The lowest BCUT2D eigenvalue weighted by Crippen LogP contribution is -2.24. The van der Waals surface area contributed by atoms with Crippen LogP contribution in [-0.2, 0) is 14.3 Å². The number of hydrogen-bond acceptors (Lipinski definition) is 3. The summed E-state index contributed by atoms with van der Waals surface area (Å²) in [4.78, 5) is 21.5. The van der Waals surface area contributed by atoms with Crippen molar-refractivity contribution in [3.8, 4) is 0 Å². The lowest BCUT2D eigenvalue weighted by Gasteiger charge is -1.98. The topological polar surface area (TPSA) is 55.4 Å². The van der Waals surface area contributed by atoms with Crippen molar-refractivity contribution in [2.24, 2.45) is 0 Å². The average molecular weight is 157 g/mol. The highest BCUT2D eigenvalue weighted by Crippen LogP contribution is 1.95. The van der Waals surface area contributed by atoms with Crippen molar-refractivity contribution in [1.29, 1.82) is 0 Å². The van der Waals surface area contributed by atoms with Crippen molar-refractivity contribution in [2.75, 3.05) is 13.2 Å². The first-order chi connectivity index (χ1) is 5.29. The van der Waals surface area contributed by atoms with E-state index in [1.165, 1.54) is 0 Å². The molecule has 1 saturated heterocycles. The number of carbonyl (C=O) groups is 2. The van der Waals surface area contributed by atoms with E-state index in [1.807, 2.05) is 0 Å². The van der Waals surface area contributed by atoms with Crippen LogP contribution in [0.15, 0.2) is 0 Å². The molecule has 1 heterocycles. The lowest BCUT2D eigenvalue weighted by molar-refractivity contribution is -0.143. The molecule has 0 aliphatic carbocycles. The molecular formula is C7H11NO3. The van der Waals surface area contributed by atoms with Crippen LogP contribution in [0.1, 0.15) is 19.3 Å². The summed E-state index contributed by atoms with van der Waals surface area (Å²) in [5.41, 5.74) is 0. The number of amides is 1. The van der Waals surface area contributed by atoms with Crippen molar-refractivity contribution < 1.29 is 14.3 Å². The Bertz CT molecular complexity index is 149. The first kappa shape index (κ1) is 8.04. The first-order valence-corrected chi connectivity index (χ1v) is 3.71. The van der Waals surface area contributed by atoms with Gasteiger partial charge in [0.1, 0.15) is 0 Å². The zero-order chi connectivity index (χ0) is 8.10. The van der Waals surface area contributed by atoms with Gasteiger partial charge in [0.25, 0.3) is 0 Å². The zero-order valence-corrected chi connectivity index (χ0v) is 6.26. The van der Waals surface area contributed by atoms with Crippen LogP contribution in [0.2, 0.25) is 0 Å². The van der Waals surface area contributed by atoms with E-state index in [-0.39, 0.29) is 18.3 Å². The van der Waals surface area contributed by atoms with Gasteiger partial charge in [-0.3, -0.25) is 9.59 Å². The van der Waals surface area contributed by atoms with Gasteiger partial charge in [-0.2, -0.15) is 0 Å². The molecular weight excluding hydrogens is 146 g/mol. The van der Waals surface area contributed by atoms with Crippen molar-refractivity contribution in [3.05, 3.63) is 0 Å². The second-order valence-electron chi connectivity index (χ2n) is 2.42. The third-order valence-electron chi connectivity index (χ3n) is 1.46. The van der Waals surface area contributed by atoms with Crippen LogP contribution < -0.4 is 5.32 Å². The number of ether oxygens (including phenoxy) is 1. The number of cyclic esters (lactones) is 1. The van der Waals surface area contributed by atoms with E-state index in [1.54, 1.807) is 0 Å². The SMILES string of the molecule is O=C1CCCOC(=O)CCN1. The summed E-state index contributed by atoms with van der Waals surface area (Å²) in [5, 5.41) is 2.62. The second-order valence-corrected chi connectivity index (χ2v) is 2.42. The summed E-state index contributed by atoms with van der Waals surface area (Å²) in [6, 6.07) is 0. The summed E-state index contributed by atoms with van der Waals surface area (Å²) in [7, 11) is 0. The Labute approximate surface area is 64.9 Å². The summed E-state index contributed by atoms with van der Waals surface area (Å²) in [5.74, 6) is -0.226. The Kier molecular flexibility index (Phi) is 2.89. The van der Waals surface area contributed by atoms with Gasteiger partial charge in [-0.1, -0.05) is 0 Å². The zero-order valence-electron chi connectivity index (χ0n) is 6.26. The van der Waals surface area contributed by atoms with E-state index in [9.17, 15) is 9.59 Å². The molecule has 0 aromatic rings. The van der Waals surface area contributed by atoms with Crippen LogP contribution in [0.25, 0.3) is 0 Å². The van der Waals surface area contributed by atoms with Gasteiger partial charge in [0.2, 0.25) is 5.91 Å². The lowest BCUT2D eigenvalue weighted by atomic mass is 10.3. The van der Waals surface area contributed by atoms with Gasteiger partial charge in [-0.15, -0.1) is 0 Å². The van der Waals surface area contributed by atoms with E-state index < -0.39 is 0 Å². The highest BCUT2D eigenvalue weighted by atomic mass is 16.5. The third-order valence-corrected chi connectivity index (χ3v) is 1.46. The van der Waals surface area contributed by atoms with Crippen molar-refractivity contribution in [1.82, 2.24) is 5.32 Å². The molecule has 0 aromatic carbocycles. The predicted octanol–water partition coefficient (Wildman–Crippen LogP) is -0.170. The van der Waals surface area contributed by atoms with E-state index >= 15 is 0 Å². The van der Waals surface area contributed by atoms with Gasteiger partial charge in [-0.05, 0) is 6.42 Å². The molecule has 11 heavy (non-hydrogen) atoms. The van der Waals surface area contributed by atoms with Gasteiger partial charge < -0.3 is 10.1 Å². The molecule has 0 saturated carbocycles.